The van der Waals surface area contributed by atoms with Crippen LogP contribution < -0.4 is 16.8 Å². The zero-order valence-corrected chi connectivity index (χ0v) is 68.5. The predicted molar refractivity (Wildman–Crippen MR) is 419 cm³/mol. The number of hydrogen-bond donors (Lipinski definition) is 10. The third-order valence-electron chi connectivity index (χ3n) is 20.8. The van der Waals surface area contributed by atoms with Crippen molar-refractivity contribution in [3.63, 3.8) is 0 Å². The molecule has 13 atom stereocenters. The van der Waals surface area contributed by atoms with E-state index < -0.39 is 143 Å². The lowest BCUT2D eigenvalue weighted by Crippen LogP contribution is -2.67. The lowest BCUT2D eigenvalue weighted by molar-refractivity contribution is -0.297. The van der Waals surface area contributed by atoms with E-state index in [0.717, 1.165) is 154 Å². The topological polar surface area (TPSA) is 369 Å². The summed E-state index contributed by atoms with van der Waals surface area (Å²) in [6, 6.07) is -3.31. The highest BCUT2D eigenvalue weighted by atomic mass is 31.2. The summed E-state index contributed by atoms with van der Waals surface area (Å²) in [5.74, 6) is -3.45. The predicted octanol–water partition coefficient (Wildman–Crippen LogP) is 17.4. The molecular weight excluding hydrogens is 1380 g/mol. The van der Waals surface area contributed by atoms with E-state index in [4.69, 9.17) is 32.9 Å². The minimum atomic E-state index is -5.56. The number of quaternary nitrogens is 1. The molecule has 0 aliphatic carbocycles. The highest BCUT2D eigenvalue weighted by Crippen LogP contribution is 2.43. The number of carbonyl (C=O) groups is 5. The molecule has 106 heavy (non-hydrogen) atoms. The van der Waals surface area contributed by atoms with Crippen molar-refractivity contribution in [3.8, 4) is 0 Å². The Labute approximate surface area is 641 Å². The van der Waals surface area contributed by atoms with Gasteiger partial charge in [0.1, 0.15) is 54.8 Å². The van der Waals surface area contributed by atoms with Crippen molar-refractivity contribution >= 4 is 37.5 Å². The van der Waals surface area contributed by atoms with E-state index >= 15 is 0 Å². The zero-order valence-electron chi connectivity index (χ0n) is 67.6. The first kappa shape index (κ1) is 101. The number of esters is 3. The number of aliphatic hydroxyl groups excluding tert-OH is 5. The molecule has 2 heterocycles. The van der Waals surface area contributed by atoms with Crippen LogP contribution in [0.25, 0.3) is 0 Å². The van der Waals surface area contributed by atoms with E-state index in [-0.39, 0.29) is 25.4 Å². The number of aliphatic hydroxyl groups is 5. The van der Waals surface area contributed by atoms with Crippen LogP contribution in [0.2, 0.25) is 0 Å². The Morgan fingerprint density at radius 2 is 0.745 bits per heavy atom. The monoisotopic (exact) mass is 1540 g/mol. The number of phosphoric ester groups is 1. The molecule has 24 heteroatoms. The van der Waals surface area contributed by atoms with E-state index in [0.29, 0.717) is 51.4 Å². The Hall–Kier alpha value is -2.90. The lowest BCUT2D eigenvalue weighted by Gasteiger charge is -2.46. The van der Waals surface area contributed by atoms with Crippen LogP contribution in [0.5, 0.6) is 0 Å². The van der Waals surface area contributed by atoms with Crippen molar-refractivity contribution in [2.75, 3.05) is 13.2 Å². The van der Waals surface area contributed by atoms with Gasteiger partial charge in [0.2, 0.25) is 11.8 Å². The molecule has 0 aromatic carbocycles. The Balaban J connectivity index is 0.0000562. The van der Waals surface area contributed by atoms with Gasteiger partial charge < -0.3 is 80.5 Å². The number of nitrogens with one attached hydrogen (secondary N) is 2. The maximum Gasteiger partial charge on any atom is 0.470 e. The third-order valence-corrected chi connectivity index (χ3v) is 21.4. The standard InChI is InChI=1S/C82H155N2O20P.H3N/c1-6-11-16-21-26-31-33-38-43-48-53-58-72(89)99-66(56-51-46-41-36-29-24-19-14-9-4)61-71(88)84-76-80(103-74(91)62-67(57-52-47-42-37-30-25-20-15-10-5)100-73(90)59-54-49-44-39-34-32-27-22-17-12-7-2)79(104-105(95,96)97)68(63-85)102-82(76)98-64-69-77(92)78(93)75(81(94)101-69)83-70(87)60-65(86)55-50-45-40-35-28-23-18-13-8-3;/h65-69,75-82,85-86,92-94H,6-64H2,1-5H3,(H,83,87)(H,84,88)(H2,95,96,97);1H3/p+1/t65-,66-,67-,68?,69?,75+,76?,77-,78-,79-,80-,81?,82-;/m1./s1. The maximum absolute atomic E-state index is 14.8. The number of ether oxygens (including phenoxy) is 6. The molecule has 2 aliphatic rings. The molecule has 0 radical (unpaired) electrons. The van der Waals surface area contributed by atoms with Crippen LogP contribution in [-0.2, 0) is 61.5 Å². The molecule has 4 unspecified atom stereocenters. The fourth-order valence-electron chi connectivity index (χ4n) is 14.4. The second-order valence-electron chi connectivity index (χ2n) is 30.7. The van der Waals surface area contributed by atoms with Gasteiger partial charge in [-0.1, -0.05) is 324 Å². The second-order valence-corrected chi connectivity index (χ2v) is 31.9. The minimum Gasteiger partial charge on any atom is -0.462 e. The summed E-state index contributed by atoms with van der Waals surface area (Å²) in [4.78, 5) is 91.0. The summed E-state index contributed by atoms with van der Waals surface area (Å²) < 4.78 is 54.8. The van der Waals surface area contributed by atoms with Crippen LogP contribution in [0, 0.1) is 0 Å². The van der Waals surface area contributed by atoms with Gasteiger partial charge >= 0.3 is 25.7 Å². The van der Waals surface area contributed by atoms with Crippen LogP contribution in [0.1, 0.15) is 401 Å². The largest absolute Gasteiger partial charge is 0.470 e. The molecule has 2 rings (SSSR count). The van der Waals surface area contributed by atoms with Gasteiger partial charge in [0.15, 0.2) is 18.7 Å². The van der Waals surface area contributed by atoms with Gasteiger partial charge in [0.05, 0.1) is 38.6 Å². The average molecular weight is 1540 g/mol. The Kier molecular flexibility index (Phi) is 63.6. The molecule has 2 fully saturated rings. The van der Waals surface area contributed by atoms with Crippen molar-refractivity contribution in [2.45, 2.75) is 480 Å². The first-order valence-electron chi connectivity index (χ1n) is 43.0. The molecule has 13 N–H and O–H groups in total. The first-order chi connectivity index (χ1) is 50.8. The van der Waals surface area contributed by atoms with Gasteiger partial charge in [-0.2, -0.15) is 0 Å². The molecule has 626 valence electrons. The quantitative estimate of drug-likeness (QED) is 0.0117. The van der Waals surface area contributed by atoms with E-state index in [9.17, 15) is 63.9 Å². The number of carbonyl (C=O) groups excluding carboxylic acids is 5. The van der Waals surface area contributed by atoms with Crippen molar-refractivity contribution in [1.29, 1.82) is 0 Å². The molecule has 0 saturated carbocycles. The fraction of sp³-hybridized carbons (Fsp3) is 0.939. The highest BCUT2D eigenvalue weighted by molar-refractivity contribution is 7.46. The van der Waals surface area contributed by atoms with Gasteiger partial charge in [0.25, 0.3) is 0 Å². The molecule has 0 bridgehead atoms. The summed E-state index contributed by atoms with van der Waals surface area (Å²) in [7, 11) is -5.56. The Bertz CT molecular complexity index is 2190. The van der Waals surface area contributed by atoms with Crippen LogP contribution in [0.15, 0.2) is 0 Å². The molecule has 23 nitrogen and oxygen atoms in total. The molecule has 0 spiro atoms. The van der Waals surface area contributed by atoms with Crippen molar-refractivity contribution < 1.29 is 96.8 Å². The van der Waals surface area contributed by atoms with Crippen LogP contribution >= 0.6 is 7.82 Å². The summed E-state index contributed by atoms with van der Waals surface area (Å²) in [5, 5.41) is 61.3. The molecule has 2 saturated heterocycles. The number of unbranched alkanes of at least 4 members (excludes halogenated alkanes) is 44. The summed E-state index contributed by atoms with van der Waals surface area (Å²) in [6.07, 6.45) is 34.5. The lowest BCUT2D eigenvalue weighted by atomic mass is 9.95. The average Bonchev–Trinajstić information content (AvgIpc) is 0.771. The van der Waals surface area contributed by atoms with E-state index in [1.807, 2.05) is 0 Å². The Morgan fingerprint density at radius 1 is 0.406 bits per heavy atom. The number of phosphoric acid groups is 1. The van der Waals surface area contributed by atoms with Gasteiger partial charge in [0, 0.05) is 12.8 Å². The molecule has 0 aromatic heterocycles. The zero-order chi connectivity index (χ0) is 77.0. The van der Waals surface area contributed by atoms with Crippen molar-refractivity contribution in [3.05, 3.63) is 0 Å². The van der Waals surface area contributed by atoms with Gasteiger partial charge in [-0.05, 0) is 44.9 Å². The van der Waals surface area contributed by atoms with Gasteiger partial charge in [-0.3, -0.25) is 28.5 Å². The number of amides is 2. The minimum absolute atomic E-state index is 0. The summed E-state index contributed by atoms with van der Waals surface area (Å²) in [6.45, 7) is 9.19. The van der Waals surface area contributed by atoms with Crippen LogP contribution in [-0.4, -0.2) is 158 Å². The van der Waals surface area contributed by atoms with Gasteiger partial charge in [-0.25, -0.2) is 4.57 Å². The SMILES string of the molecule is CCCCCCCCCCCCCC(=O)O[C@H](CCCCCCCCCCC)CC(=O)NC1[C@H](OCC2OC(O)[C@@H](NC(=O)C[C@H](O)CCCCCCCCCCC)[C@@H](O)[C@@H]2O)OC(CO)[C@@H](OP(=O)(O)O)[C@@H]1OC(=O)C[C@@H](CCCCCCCCCCC)OC(=O)CCCCCCCCCCCCC.[NH4+]. The summed E-state index contributed by atoms with van der Waals surface area (Å²) >= 11 is 0. The van der Waals surface area contributed by atoms with Crippen molar-refractivity contribution in [1.82, 2.24) is 16.8 Å². The molecule has 2 aliphatic heterocycles. The molecule has 2 amide bonds. The van der Waals surface area contributed by atoms with Crippen molar-refractivity contribution in [2.24, 2.45) is 0 Å². The fourth-order valence-corrected chi connectivity index (χ4v) is 15.0. The van der Waals surface area contributed by atoms with Crippen LogP contribution in [0.3, 0.4) is 0 Å². The number of rotatable bonds is 71. The molecular formula is C82H159N3O20P+. The first-order valence-corrected chi connectivity index (χ1v) is 44.5. The highest BCUT2D eigenvalue weighted by Gasteiger charge is 2.53. The molecule has 0 aromatic rings. The third kappa shape index (κ3) is 51.6. The van der Waals surface area contributed by atoms with E-state index in [1.165, 1.54) is 128 Å². The van der Waals surface area contributed by atoms with Crippen LogP contribution in [0.4, 0.5) is 0 Å². The summed E-state index contributed by atoms with van der Waals surface area (Å²) in [5.41, 5.74) is 0. The second kappa shape index (κ2) is 66.7. The van der Waals surface area contributed by atoms with Gasteiger partial charge in [-0.15, -0.1) is 0 Å². The Morgan fingerprint density at radius 3 is 1.12 bits per heavy atom. The number of hydrogen-bond acceptors (Lipinski definition) is 18. The normalized spacial score (nSPS) is 21.2. The maximum atomic E-state index is 14.8. The van der Waals surface area contributed by atoms with E-state index in [2.05, 4.69) is 45.3 Å². The smallest absolute Gasteiger partial charge is 0.462 e. The van der Waals surface area contributed by atoms with E-state index in [1.54, 1.807) is 0 Å².